The van der Waals surface area contributed by atoms with Crippen molar-refractivity contribution in [2.75, 3.05) is 7.11 Å². The van der Waals surface area contributed by atoms with Crippen LogP contribution in [0.15, 0.2) is 76.6 Å². The first-order valence-corrected chi connectivity index (χ1v) is 8.22. The number of allylic oxidation sites excluding steroid dienone is 2. The molecule has 0 saturated carbocycles. The monoisotopic (exact) mass is 336 g/mol. The summed E-state index contributed by atoms with van der Waals surface area (Å²) in [6.07, 6.45) is 5.52. The SMILES string of the molecule is COc1ccccc1/C=C/C=C1\SC(=Nc2ccccc2)NC1=O. The molecule has 1 aliphatic heterocycles. The van der Waals surface area contributed by atoms with Gasteiger partial charge >= 0.3 is 0 Å². The summed E-state index contributed by atoms with van der Waals surface area (Å²) >= 11 is 1.33. The van der Waals surface area contributed by atoms with Gasteiger partial charge in [-0.3, -0.25) is 4.79 Å². The zero-order chi connectivity index (χ0) is 16.8. The van der Waals surface area contributed by atoms with Gasteiger partial charge in [0.15, 0.2) is 5.17 Å². The van der Waals surface area contributed by atoms with E-state index in [0.717, 1.165) is 17.0 Å². The van der Waals surface area contributed by atoms with Gasteiger partial charge in [0, 0.05) is 5.56 Å². The van der Waals surface area contributed by atoms with Crippen LogP contribution in [0.2, 0.25) is 0 Å². The van der Waals surface area contributed by atoms with Crippen LogP contribution >= 0.6 is 11.8 Å². The van der Waals surface area contributed by atoms with Crippen molar-refractivity contribution in [2.24, 2.45) is 4.99 Å². The van der Waals surface area contributed by atoms with Crippen molar-refractivity contribution in [3.63, 3.8) is 0 Å². The van der Waals surface area contributed by atoms with Crippen LogP contribution in [0.5, 0.6) is 5.75 Å². The zero-order valence-electron chi connectivity index (χ0n) is 13.1. The summed E-state index contributed by atoms with van der Waals surface area (Å²) in [5.74, 6) is 0.654. The fraction of sp³-hybridized carbons (Fsp3) is 0.0526. The van der Waals surface area contributed by atoms with Crippen molar-refractivity contribution in [1.29, 1.82) is 0 Å². The van der Waals surface area contributed by atoms with E-state index in [1.54, 1.807) is 13.2 Å². The van der Waals surface area contributed by atoms with Crippen molar-refractivity contribution < 1.29 is 9.53 Å². The van der Waals surface area contributed by atoms with Crippen LogP contribution in [-0.2, 0) is 4.79 Å². The van der Waals surface area contributed by atoms with Gasteiger partial charge in [0.25, 0.3) is 5.91 Å². The van der Waals surface area contributed by atoms with Crippen molar-refractivity contribution in [2.45, 2.75) is 0 Å². The lowest BCUT2D eigenvalue weighted by molar-refractivity contribution is -0.115. The molecule has 1 N–H and O–H groups in total. The number of nitrogens with one attached hydrogen (secondary N) is 1. The molecule has 0 aliphatic carbocycles. The second-order valence-electron chi connectivity index (χ2n) is 4.94. The summed E-state index contributed by atoms with van der Waals surface area (Å²) in [5, 5.41) is 3.36. The molecule has 24 heavy (non-hydrogen) atoms. The predicted octanol–water partition coefficient (Wildman–Crippen LogP) is 4.14. The number of nitrogens with zero attached hydrogens (tertiary/aromatic N) is 1. The number of hydrogen-bond acceptors (Lipinski definition) is 4. The zero-order valence-corrected chi connectivity index (χ0v) is 13.9. The molecule has 1 saturated heterocycles. The first kappa shape index (κ1) is 16.1. The number of rotatable bonds is 4. The van der Waals surface area contributed by atoms with Gasteiger partial charge < -0.3 is 10.1 Å². The normalized spacial score (nSPS) is 17.6. The van der Waals surface area contributed by atoms with Crippen LogP contribution in [0.25, 0.3) is 6.08 Å². The number of aliphatic imine (C=N–C) groups is 1. The molecule has 1 aliphatic rings. The molecule has 2 aromatic carbocycles. The Bertz CT molecular complexity index is 826. The number of carbonyl (C=O) groups is 1. The van der Waals surface area contributed by atoms with Gasteiger partial charge in [-0.15, -0.1) is 0 Å². The van der Waals surface area contributed by atoms with Crippen LogP contribution < -0.4 is 10.1 Å². The van der Waals surface area contributed by atoms with E-state index in [-0.39, 0.29) is 5.91 Å². The number of methoxy groups -OCH3 is 1. The van der Waals surface area contributed by atoms with Gasteiger partial charge in [0.05, 0.1) is 17.7 Å². The molecule has 5 heteroatoms. The Morgan fingerprint density at radius 1 is 1.08 bits per heavy atom. The summed E-state index contributed by atoms with van der Waals surface area (Å²) in [4.78, 5) is 17.0. The highest BCUT2D eigenvalue weighted by atomic mass is 32.2. The Balaban J connectivity index is 1.73. The summed E-state index contributed by atoms with van der Waals surface area (Å²) in [5.41, 5.74) is 1.77. The number of ether oxygens (including phenoxy) is 1. The smallest absolute Gasteiger partial charge is 0.264 e. The second-order valence-corrected chi connectivity index (χ2v) is 5.97. The minimum atomic E-state index is -0.139. The number of thioether (sulfide) groups is 1. The van der Waals surface area contributed by atoms with E-state index in [4.69, 9.17) is 4.74 Å². The minimum absolute atomic E-state index is 0.139. The van der Waals surface area contributed by atoms with E-state index in [0.29, 0.717) is 10.1 Å². The Morgan fingerprint density at radius 2 is 1.83 bits per heavy atom. The maximum atomic E-state index is 12.0. The first-order chi connectivity index (χ1) is 11.8. The average molecular weight is 336 g/mol. The quantitative estimate of drug-likeness (QED) is 0.854. The number of para-hydroxylation sites is 2. The van der Waals surface area contributed by atoms with Crippen LogP contribution in [0, 0.1) is 0 Å². The fourth-order valence-electron chi connectivity index (χ4n) is 2.16. The number of amides is 1. The van der Waals surface area contributed by atoms with Gasteiger partial charge in [-0.25, -0.2) is 4.99 Å². The molecular formula is C19H16N2O2S. The Labute approximate surface area is 145 Å². The average Bonchev–Trinajstić information content (AvgIpc) is 2.95. The topological polar surface area (TPSA) is 50.7 Å². The van der Waals surface area contributed by atoms with Crippen molar-refractivity contribution in [3.8, 4) is 5.75 Å². The number of carbonyl (C=O) groups excluding carboxylic acids is 1. The van der Waals surface area contributed by atoms with E-state index < -0.39 is 0 Å². The third-order valence-electron chi connectivity index (χ3n) is 3.30. The maximum Gasteiger partial charge on any atom is 0.264 e. The molecule has 0 spiro atoms. The van der Waals surface area contributed by atoms with Crippen molar-refractivity contribution in [1.82, 2.24) is 5.32 Å². The largest absolute Gasteiger partial charge is 0.496 e. The molecule has 0 unspecified atom stereocenters. The van der Waals surface area contributed by atoms with Crippen LogP contribution in [0.3, 0.4) is 0 Å². The molecule has 0 aromatic heterocycles. The van der Waals surface area contributed by atoms with E-state index in [9.17, 15) is 4.79 Å². The van der Waals surface area contributed by atoms with Crippen LogP contribution in [0.1, 0.15) is 5.56 Å². The molecule has 1 fully saturated rings. The van der Waals surface area contributed by atoms with E-state index in [2.05, 4.69) is 10.3 Å². The van der Waals surface area contributed by atoms with E-state index in [1.807, 2.05) is 66.7 Å². The predicted molar refractivity (Wildman–Crippen MR) is 99.4 cm³/mol. The molecule has 3 rings (SSSR count). The number of hydrogen-bond donors (Lipinski definition) is 1. The van der Waals surface area contributed by atoms with Crippen LogP contribution in [0.4, 0.5) is 5.69 Å². The highest BCUT2D eigenvalue weighted by molar-refractivity contribution is 8.18. The maximum absolute atomic E-state index is 12.0. The molecular weight excluding hydrogens is 320 g/mol. The fourth-order valence-corrected chi connectivity index (χ4v) is 2.95. The lowest BCUT2D eigenvalue weighted by atomic mass is 10.2. The van der Waals surface area contributed by atoms with Crippen LogP contribution in [-0.4, -0.2) is 18.2 Å². The van der Waals surface area contributed by atoms with Gasteiger partial charge in [-0.1, -0.05) is 48.6 Å². The second kappa shape index (κ2) is 7.66. The van der Waals surface area contributed by atoms with Gasteiger partial charge in [-0.2, -0.15) is 0 Å². The van der Waals surface area contributed by atoms with Gasteiger partial charge in [0.1, 0.15) is 5.75 Å². The lowest BCUT2D eigenvalue weighted by Crippen LogP contribution is -2.19. The van der Waals surface area contributed by atoms with E-state index in [1.165, 1.54) is 11.8 Å². The molecule has 120 valence electrons. The summed E-state index contributed by atoms with van der Waals surface area (Å²) < 4.78 is 5.30. The van der Waals surface area contributed by atoms with Crippen molar-refractivity contribution in [3.05, 3.63) is 77.2 Å². The molecule has 4 nitrogen and oxygen atoms in total. The molecule has 0 atom stereocenters. The summed E-state index contributed by atoms with van der Waals surface area (Å²) in [7, 11) is 1.64. The molecule has 0 radical (unpaired) electrons. The first-order valence-electron chi connectivity index (χ1n) is 7.40. The number of amidine groups is 1. The standard InChI is InChI=1S/C19H16N2O2S/c1-23-16-12-6-5-8-14(16)9-7-13-17-18(22)21-19(24-17)20-15-10-3-2-4-11-15/h2-13H,1H3,(H,20,21,22)/b9-7+,17-13-. The molecule has 2 aromatic rings. The summed E-state index contributed by atoms with van der Waals surface area (Å²) in [6.45, 7) is 0. The van der Waals surface area contributed by atoms with E-state index >= 15 is 0 Å². The number of benzene rings is 2. The highest BCUT2D eigenvalue weighted by Crippen LogP contribution is 2.26. The Kier molecular flexibility index (Phi) is 5.13. The lowest BCUT2D eigenvalue weighted by Gasteiger charge is -2.02. The van der Waals surface area contributed by atoms with Crippen molar-refractivity contribution >= 4 is 34.6 Å². The summed E-state index contributed by atoms with van der Waals surface area (Å²) in [6, 6.07) is 17.2. The highest BCUT2D eigenvalue weighted by Gasteiger charge is 2.22. The van der Waals surface area contributed by atoms with Gasteiger partial charge in [0.2, 0.25) is 0 Å². The third-order valence-corrected chi connectivity index (χ3v) is 4.23. The Morgan fingerprint density at radius 3 is 2.62 bits per heavy atom. The van der Waals surface area contributed by atoms with Gasteiger partial charge in [-0.05, 0) is 36.0 Å². The Hall–Kier alpha value is -2.79. The molecule has 1 amide bonds. The third kappa shape index (κ3) is 3.94. The molecule has 0 bridgehead atoms. The minimum Gasteiger partial charge on any atom is -0.496 e. The molecule has 1 heterocycles.